The van der Waals surface area contributed by atoms with Gasteiger partial charge in [0, 0.05) is 13.2 Å². The minimum Gasteiger partial charge on any atom is -0.478 e. The van der Waals surface area contributed by atoms with Crippen molar-refractivity contribution in [1.82, 2.24) is 5.32 Å². The maximum atomic E-state index is 13.5. The van der Waals surface area contributed by atoms with Crippen LogP contribution in [0.5, 0.6) is 0 Å². The van der Waals surface area contributed by atoms with Gasteiger partial charge in [-0.3, -0.25) is 0 Å². The van der Waals surface area contributed by atoms with E-state index in [4.69, 9.17) is 9.84 Å². The molecule has 0 radical (unpaired) electrons. The highest BCUT2D eigenvalue weighted by Gasteiger charge is 2.30. The summed E-state index contributed by atoms with van der Waals surface area (Å²) in [4.78, 5) is 22.8. The number of halogens is 1. The fourth-order valence-corrected chi connectivity index (χ4v) is 2.26. The molecule has 1 heterocycles. The zero-order valence-electron chi connectivity index (χ0n) is 11.6. The van der Waals surface area contributed by atoms with Crippen LogP contribution in [-0.4, -0.2) is 35.9 Å². The molecule has 1 fully saturated rings. The number of urea groups is 1. The largest absolute Gasteiger partial charge is 0.478 e. The minimum absolute atomic E-state index is 0.0857. The summed E-state index contributed by atoms with van der Waals surface area (Å²) in [6.45, 7) is 2.86. The highest BCUT2D eigenvalue weighted by Crippen LogP contribution is 2.24. The first kappa shape index (κ1) is 15.2. The number of aromatic carboxylic acids is 1. The predicted octanol–water partition coefficient (Wildman–Crippen LogP) is 2.21. The van der Waals surface area contributed by atoms with Crippen molar-refractivity contribution < 1.29 is 23.8 Å². The molecule has 1 aliphatic heterocycles. The molecule has 2 amide bonds. The average molecular weight is 296 g/mol. The summed E-state index contributed by atoms with van der Waals surface area (Å²) in [6, 6.07) is 3.10. The highest BCUT2D eigenvalue weighted by atomic mass is 19.1. The third kappa shape index (κ3) is 3.69. The van der Waals surface area contributed by atoms with Crippen LogP contribution in [0.1, 0.15) is 30.1 Å². The summed E-state index contributed by atoms with van der Waals surface area (Å²) in [5.74, 6) is -2.33. The molecule has 1 atom stereocenters. The van der Waals surface area contributed by atoms with Gasteiger partial charge in [0.2, 0.25) is 0 Å². The Kier molecular flexibility index (Phi) is 4.42. The number of ether oxygens (including phenoxy) is 1. The zero-order chi connectivity index (χ0) is 15.5. The van der Waals surface area contributed by atoms with Crippen molar-refractivity contribution in [3.05, 3.63) is 29.6 Å². The second-order valence-corrected chi connectivity index (χ2v) is 5.18. The van der Waals surface area contributed by atoms with E-state index in [2.05, 4.69) is 10.6 Å². The Balaban J connectivity index is 2.00. The van der Waals surface area contributed by atoms with Crippen LogP contribution in [0, 0.1) is 5.82 Å². The molecule has 1 unspecified atom stereocenters. The summed E-state index contributed by atoms with van der Waals surface area (Å²) in [7, 11) is 0. The Bertz CT molecular complexity index is 556. The van der Waals surface area contributed by atoms with Gasteiger partial charge < -0.3 is 20.5 Å². The smallest absolute Gasteiger partial charge is 0.340 e. The Morgan fingerprint density at radius 3 is 2.86 bits per heavy atom. The van der Waals surface area contributed by atoms with Crippen LogP contribution in [-0.2, 0) is 4.74 Å². The lowest BCUT2D eigenvalue weighted by Crippen LogP contribution is -2.42. The van der Waals surface area contributed by atoms with Gasteiger partial charge in [0.15, 0.2) is 0 Å². The predicted molar refractivity (Wildman–Crippen MR) is 74.0 cm³/mol. The lowest BCUT2D eigenvalue weighted by molar-refractivity contribution is 0.0232. The molecule has 21 heavy (non-hydrogen) atoms. The molecule has 0 aromatic heterocycles. The van der Waals surface area contributed by atoms with Gasteiger partial charge in [-0.05, 0) is 31.9 Å². The van der Waals surface area contributed by atoms with Crippen molar-refractivity contribution in [3.8, 4) is 0 Å². The van der Waals surface area contributed by atoms with E-state index in [1.54, 1.807) is 0 Å². The second-order valence-electron chi connectivity index (χ2n) is 5.18. The summed E-state index contributed by atoms with van der Waals surface area (Å²) in [5, 5.41) is 13.9. The summed E-state index contributed by atoms with van der Waals surface area (Å²) >= 11 is 0. The molecule has 0 bridgehead atoms. The topological polar surface area (TPSA) is 87.7 Å². The number of anilines is 1. The number of nitrogens with one attached hydrogen (secondary N) is 2. The number of hydrogen-bond donors (Lipinski definition) is 3. The van der Waals surface area contributed by atoms with Crippen molar-refractivity contribution in [2.75, 3.05) is 18.5 Å². The molecule has 1 saturated heterocycles. The molecule has 1 aromatic rings. The maximum Gasteiger partial charge on any atom is 0.340 e. The first-order valence-corrected chi connectivity index (χ1v) is 6.62. The molecule has 114 valence electrons. The number of benzene rings is 1. The Hall–Kier alpha value is -2.15. The van der Waals surface area contributed by atoms with E-state index >= 15 is 0 Å². The SMILES string of the molecule is CC1(CNC(=O)Nc2cccc(F)c2C(=O)O)CCCO1. The molecule has 6 nitrogen and oxygen atoms in total. The lowest BCUT2D eigenvalue weighted by Gasteiger charge is -2.23. The second kappa shape index (κ2) is 6.09. The van der Waals surface area contributed by atoms with Gasteiger partial charge in [0.05, 0.1) is 11.3 Å². The van der Waals surface area contributed by atoms with E-state index in [-0.39, 0.29) is 5.69 Å². The third-order valence-corrected chi connectivity index (χ3v) is 3.40. The van der Waals surface area contributed by atoms with Gasteiger partial charge in [-0.25, -0.2) is 14.0 Å². The number of carboxylic acids is 1. The summed E-state index contributed by atoms with van der Waals surface area (Å²) < 4.78 is 19.0. The molecular weight excluding hydrogens is 279 g/mol. The van der Waals surface area contributed by atoms with Gasteiger partial charge in [0.1, 0.15) is 11.4 Å². The Morgan fingerprint density at radius 1 is 1.48 bits per heavy atom. The van der Waals surface area contributed by atoms with Gasteiger partial charge >= 0.3 is 12.0 Å². The molecule has 1 aromatic carbocycles. The average Bonchev–Trinajstić information content (AvgIpc) is 2.84. The van der Waals surface area contributed by atoms with E-state index in [1.165, 1.54) is 12.1 Å². The Labute approximate surface area is 121 Å². The molecule has 0 saturated carbocycles. The van der Waals surface area contributed by atoms with Crippen molar-refractivity contribution in [1.29, 1.82) is 0 Å². The Morgan fingerprint density at radius 2 is 2.24 bits per heavy atom. The number of hydrogen-bond acceptors (Lipinski definition) is 3. The van der Waals surface area contributed by atoms with Gasteiger partial charge in [-0.15, -0.1) is 0 Å². The number of carboxylic acid groups (broad SMARTS) is 1. The van der Waals surface area contributed by atoms with E-state index in [0.717, 1.165) is 18.9 Å². The van der Waals surface area contributed by atoms with Crippen molar-refractivity contribution >= 4 is 17.7 Å². The molecule has 0 spiro atoms. The molecule has 0 aliphatic carbocycles. The molecule has 2 rings (SSSR count). The monoisotopic (exact) mass is 296 g/mol. The molecular formula is C14H17FN2O4. The van der Waals surface area contributed by atoms with E-state index < -0.39 is 29.0 Å². The van der Waals surface area contributed by atoms with Gasteiger partial charge in [-0.2, -0.15) is 0 Å². The lowest BCUT2D eigenvalue weighted by atomic mass is 10.0. The zero-order valence-corrected chi connectivity index (χ0v) is 11.6. The van der Waals surface area contributed by atoms with Crippen LogP contribution < -0.4 is 10.6 Å². The van der Waals surface area contributed by atoms with Crippen LogP contribution in [0.3, 0.4) is 0 Å². The van der Waals surface area contributed by atoms with Crippen molar-refractivity contribution in [3.63, 3.8) is 0 Å². The first-order chi connectivity index (χ1) is 9.91. The van der Waals surface area contributed by atoms with E-state index in [1.807, 2.05) is 6.92 Å². The standard InChI is InChI=1S/C14H17FN2O4/c1-14(6-3-7-21-14)8-16-13(20)17-10-5-2-4-9(15)11(10)12(18)19/h2,4-5H,3,6-8H2,1H3,(H,18,19)(H2,16,17,20). The normalized spacial score (nSPS) is 21.0. The molecule has 3 N–H and O–H groups in total. The van der Waals surface area contributed by atoms with Crippen LogP contribution in [0.15, 0.2) is 18.2 Å². The molecule has 1 aliphatic rings. The maximum absolute atomic E-state index is 13.5. The minimum atomic E-state index is -1.44. The van der Waals surface area contributed by atoms with E-state index in [0.29, 0.717) is 13.2 Å². The third-order valence-electron chi connectivity index (χ3n) is 3.40. The first-order valence-electron chi connectivity index (χ1n) is 6.62. The summed E-state index contributed by atoms with van der Waals surface area (Å²) in [6.07, 6.45) is 1.78. The number of carbonyl (C=O) groups excluding carboxylic acids is 1. The molecule has 7 heteroatoms. The van der Waals surface area contributed by atoms with Crippen LogP contribution in [0.4, 0.5) is 14.9 Å². The summed E-state index contributed by atoms with van der Waals surface area (Å²) in [5.41, 5.74) is -1.05. The number of rotatable bonds is 4. The quantitative estimate of drug-likeness (QED) is 0.795. The van der Waals surface area contributed by atoms with Crippen LogP contribution in [0.25, 0.3) is 0 Å². The van der Waals surface area contributed by atoms with Crippen molar-refractivity contribution in [2.45, 2.75) is 25.4 Å². The fraction of sp³-hybridized carbons (Fsp3) is 0.429. The highest BCUT2D eigenvalue weighted by molar-refractivity contribution is 6.00. The fourth-order valence-electron chi connectivity index (χ4n) is 2.26. The van der Waals surface area contributed by atoms with Crippen LogP contribution in [0.2, 0.25) is 0 Å². The van der Waals surface area contributed by atoms with Crippen LogP contribution >= 0.6 is 0 Å². The van der Waals surface area contributed by atoms with Crippen molar-refractivity contribution in [2.24, 2.45) is 0 Å². The van der Waals surface area contributed by atoms with E-state index in [9.17, 15) is 14.0 Å². The number of carbonyl (C=O) groups is 2. The number of amides is 2. The van der Waals surface area contributed by atoms with Gasteiger partial charge in [-0.1, -0.05) is 6.07 Å². The van der Waals surface area contributed by atoms with Gasteiger partial charge in [0.25, 0.3) is 0 Å².